The van der Waals surface area contributed by atoms with E-state index in [9.17, 15) is 4.79 Å². The minimum absolute atomic E-state index is 0.0490. The maximum absolute atomic E-state index is 11.5. The molecule has 2 N–H and O–H groups in total. The minimum atomic E-state index is 0.0490. The van der Waals surface area contributed by atoms with Crippen LogP contribution < -0.4 is 10.7 Å². The number of rotatable bonds is 2. The third-order valence-corrected chi connectivity index (χ3v) is 4.91. The maximum atomic E-state index is 11.5. The van der Waals surface area contributed by atoms with Crippen LogP contribution in [-0.4, -0.2) is 22.5 Å². The van der Waals surface area contributed by atoms with Gasteiger partial charge in [-0.05, 0) is 41.8 Å². The van der Waals surface area contributed by atoms with Gasteiger partial charge < -0.3 is 5.32 Å². The molecule has 120 valence electrons. The fourth-order valence-electron chi connectivity index (χ4n) is 2.73. The number of carbonyl (C=O) groups excluding carboxylic acids is 1. The molecule has 0 radical (unpaired) electrons. The first-order valence-corrected chi connectivity index (χ1v) is 8.70. The summed E-state index contributed by atoms with van der Waals surface area (Å²) in [5.41, 5.74) is 9.07. The number of thioether (sulfide) groups is 1. The van der Waals surface area contributed by atoms with Crippen molar-refractivity contribution >= 4 is 39.9 Å². The van der Waals surface area contributed by atoms with Gasteiger partial charge in [0.1, 0.15) is 0 Å². The summed E-state index contributed by atoms with van der Waals surface area (Å²) in [5, 5.41) is 8.11. The predicted octanol–water partition coefficient (Wildman–Crippen LogP) is 3.22. The van der Waals surface area contributed by atoms with Crippen LogP contribution in [0.3, 0.4) is 0 Å². The second kappa shape index (κ2) is 6.13. The second-order valence-corrected chi connectivity index (χ2v) is 6.72. The van der Waals surface area contributed by atoms with Crippen LogP contribution in [0, 0.1) is 6.92 Å². The zero-order valence-electron chi connectivity index (χ0n) is 13.2. The number of amides is 1. The van der Waals surface area contributed by atoms with Gasteiger partial charge in [-0.15, -0.1) is 0 Å². The summed E-state index contributed by atoms with van der Waals surface area (Å²) in [6.45, 7) is 2.04. The summed E-state index contributed by atoms with van der Waals surface area (Å²) < 4.78 is 0. The van der Waals surface area contributed by atoms with Gasteiger partial charge in [0.2, 0.25) is 5.91 Å². The molecule has 0 saturated carbocycles. The van der Waals surface area contributed by atoms with Crippen molar-refractivity contribution in [2.24, 2.45) is 10.1 Å². The van der Waals surface area contributed by atoms with Gasteiger partial charge in [-0.1, -0.05) is 36.0 Å². The van der Waals surface area contributed by atoms with Gasteiger partial charge in [-0.25, -0.2) is 4.99 Å². The number of fused-ring (bicyclic) bond motifs is 1. The summed E-state index contributed by atoms with van der Waals surface area (Å²) in [6, 6.07) is 14.0. The molecular formula is C18H16N4OS. The molecule has 6 heteroatoms. The molecule has 5 nitrogen and oxygen atoms in total. The molecule has 1 amide bonds. The van der Waals surface area contributed by atoms with Crippen molar-refractivity contribution in [2.45, 2.75) is 13.3 Å². The highest BCUT2D eigenvalue weighted by molar-refractivity contribution is 8.14. The first-order valence-electron chi connectivity index (χ1n) is 7.72. The van der Waals surface area contributed by atoms with E-state index >= 15 is 0 Å². The average Bonchev–Trinajstić information content (AvgIpc) is 2.97. The van der Waals surface area contributed by atoms with Gasteiger partial charge in [-0.2, -0.15) is 5.10 Å². The lowest BCUT2D eigenvalue weighted by molar-refractivity contribution is -0.115. The van der Waals surface area contributed by atoms with E-state index < -0.39 is 0 Å². The topological polar surface area (TPSA) is 65.8 Å². The van der Waals surface area contributed by atoms with E-state index in [1.165, 1.54) is 0 Å². The Balaban J connectivity index is 1.54. The fraction of sp³-hybridized carbons (Fsp3) is 0.167. The molecule has 0 bridgehead atoms. The number of nitrogens with one attached hydrogen (secondary N) is 2. The number of amidine groups is 1. The van der Waals surface area contributed by atoms with E-state index in [0.29, 0.717) is 6.42 Å². The lowest BCUT2D eigenvalue weighted by atomic mass is 10.1. The van der Waals surface area contributed by atoms with Crippen LogP contribution in [0.1, 0.15) is 16.7 Å². The zero-order chi connectivity index (χ0) is 16.5. The fourth-order valence-corrected chi connectivity index (χ4v) is 3.51. The maximum Gasteiger partial charge on any atom is 0.228 e. The predicted molar refractivity (Wildman–Crippen MR) is 99.2 cm³/mol. The highest BCUT2D eigenvalue weighted by atomic mass is 32.2. The molecule has 4 rings (SSSR count). The molecule has 0 aromatic heterocycles. The third kappa shape index (κ3) is 2.92. The largest absolute Gasteiger partial charge is 0.326 e. The molecule has 0 unspecified atom stereocenters. The molecule has 0 atom stereocenters. The molecule has 0 spiro atoms. The van der Waals surface area contributed by atoms with Crippen LogP contribution in [0.15, 0.2) is 52.6 Å². The standard InChI is InChI=1S/C18H16N4OS/c1-11-4-2-3-5-14(11)20-18-22-21-16(10-24-18)12-6-7-15-13(8-12)9-17(23)19-15/h2-8H,9-10H2,1H3,(H,19,23)(H,20,22). The third-order valence-electron chi connectivity index (χ3n) is 4.03. The average molecular weight is 336 g/mol. The van der Waals surface area contributed by atoms with Crippen LogP contribution in [0.25, 0.3) is 0 Å². The van der Waals surface area contributed by atoms with E-state index in [1.807, 2.05) is 49.4 Å². The Kier molecular flexibility index (Phi) is 3.82. The van der Waals surface area contributed by atoms with E-state index in [0.717, 1.165) is 44.7 Å². The van der Waals surface area contributed by atoms with Crippen molar-refractivity contribution in [1.82, 2.24) is 5.43 Å². The number of benzene rings is 2. The summed E-state index contributed by atoms with van der Waals surface area (Å²) >= 11 is 1.63. The Bertz CT molecular complexity index is 888. The molecule has 0 aliphatic carbocycles. The van der Waals surface area contributed by atoms with Gasteiger partial charge in [0.15, 0.2) is 5.17 Å². The Morgan fingerprint density at radius 1 is 1.21 bits per heavy atom. The van der Waals surface area contributed by atoms with Crippen molar-refractivity contribution in [3.8, 4) is 0 Å². The van der Waals surface area contributed by atoms with Crippen molar-refractivity contribution < 1.29 is 4.79 Å². The number of aryl methyl sites for hydroxylation is 1. The summed E-state index contributed by atoms with van der Waals surface area (Å²) in [7, 11) is 0. The summed E-state index contributed by atoms with van der Waals surface area (Å²) in [5.74, 6) is 0.797. The molecule has 0 fully saturated rings. The van der Waals surface area contributed by atoms with E-state index in [-0.39, 0.29) is 5.91 Å². The van der Waals surface area contributed by atoms with Crippen molar-refractivity contribution in [1.29, 1.82) is 0 Å². The molecule has 2 aromatic rings. The van der Waals surface area contributed by atoms with Crippen LogP contribution >= 0.6 is 11.8 Å². The Morgan fingerprint density at radius 3 is 2.88 bits per heavy atom. The summed E-state index contributed by atoms with van der Waals surface area (Å²) in [4.78, 5) is 16.1. The molecular weight excluding hydrogens is 320 g/mol. The monoisotopic (exact) mass is 336 g/mol. The van der Waals surface area contributed by atoms with Crippen LogP contribution in [0.4, 0.5) is 11.4 Å². The van der Waals surface area contributed by atoms with Crippen molar-refractivity contribution in [3.05, 3.63) is 59.2 Å². The second-order valence-electron chi connectivity index (χ2n) is 5.76. The number of hydrogen-bond acceptors (Lipinski definition) is 4. The molecule has 2 aliphatic heterocycles. The van der Waals surface area contributed by atoms with Gasteiger partial charge in [0.25, 0.3) is 0 Å². The Morgan fingerprint density at radius 2 is 2.08 bits per heavy atom. The number of nitrogens with zero attached hydrogens (tertiary/aromatic N) is 2. The van der Waals surface area contributed by atoms with Crippen molar-refractivity contribution in [3.63, 3.8) is 0 Å². The van der Waals surface area contributed by atoms with Gasteiger partial charge in [0.05, 0.1) is 17.8 Å². The number of anilines is 1. The van der Waals surface area contributed by atoms with E-state index in [1.54, 1.807) is 11.8 Å². The number of para-hydroxylation sites is 1. The zero-order valence-corrected chi connectivity index (χ0v) is 14.0. The summed E-state index contributed by atoms with van der Waals surface area (Å²) in [6.07, 6.45) is 0.441. The SMILES string of the molecule is Cc1ccccc1N=C1NN=C(c2ccc3c(c2)CC(=O)N3)CS1. The van der Waals surface area contributed by atoms with Crippen molar-refractivity contribution in [2.75, 3.05) is 11.1 Å². The smallest absolute Gasteiger partial charge is 0.228 e. The number of carbonyl (C=O) groups is 1. The minimum Gasteiger partial charge on any atom is -0.326 e. The molecule has 2 aromatic carbocycles. The van der Waals surface area contributed by atoms with E-state index in [4.69, 9.17) is 0 Å². The molecule has 24 heavy (non-hydrogen) atoms. The first-order chi connectivity index (χ1) is 11.7. The lowest BCUT2D eigenvalue weighted by Gasteiger charge is -2.15. The van der Waals surface area contributed by atoms with Gasteiger partial charge in [-0.3, -0.25) is 10.2 Å². The first kappa shape index (κ1) is 15.0. The molecule has 2 heterocycles. The highest BCUT2D eigenvalue weighted by Gasteiger charge is 2.20. The van der Waals surface area contributed by atoms with Crippen LogP contribution in [-0.2, 0) is 11.2 Å². The number of hydrogen-bond donors (Lipinski definition) is 2. The normalized spacial score (nSPS) is 18.0. The molecule has 2 aliphatic rings. The Hall–Kier alpha value is -2.60. The van der Waals surface area contributed by atoms with Gasteiger partial charge in [0, 0.05) is 11.4 Å². The van der Waals surface area contributed by atoms with Gasteiger partial charge >= 0.3 is 0 Å². The Labute approximate surface area is 144 Å². The van der Waals surface area contributed by atoms with Crippen LogP contribution in [0.5, 0.6) is 0 Å². The molecule has 0 saturated heterocycles. The van der Waals surface area contributed by atoms with Crippen LogP contribution in [0.2, 0.25) is 0 Å². The quantitative estimate of drug-likeness (QED) is 0.885. The number of aliphatic imine (C=N–C) groups is 1. The van der Waals surface area contributed by atoms with E-state index in [2.05, 4.69) is 20.8 Å². The lowest BCUT2D eigenvalue weighted by Crippen LogP contribution is -2.25. The number of hydrazone groups is 1. The highest BCUT2D eigenvalue weighted by Crippen LogP contribution is 2.26.